The normalized spacial score (nSPS) is 14.6. The molecule has 4 nitrogen and oxygen atoms in total. The smallest absolute Gasteiger partial charge is 0.324 e. The van der Waals surface area contributed by atoms with Crippen molar-refractivity contribution in [3.63, 3.8) is 0 Å². The van der Waals surface area contributed by atoms with Crippen molar-refractivity contribution in [3.8, 4) is 5.75 Å². The van der Waals surface area contributed by atoms with Crippen LogP contribution >= 0.6 is 0 Å². The van der Waals surface area contributed by atoms with Gasteiger partial charge in [0.1, 0.15) is 11.6 Å². The van der Waals surface area contributed by atoms with E-state index in [9.17, 15) is 9.18 Å². The molecular formula is C22H23FN2O2. The van der Waals surface area contributed by atoms with E-state index in [0.717, 1.165) is 16.8 Å². The number of nitrogens with zero attached hydrogens (tertiary/aromatic N) is 2. The highest BCUT2D eigenvalue weighted by Gasteiger charge is 2.30. The second-order valence-electron chi connectivity index (χ2n) is 6.31. The van der Waals surface area contributed by atoms with Crippen LogP contribution in [-0.2, 0) is 6.54 Å². The lowest BCUT2D eigenvalue weighted by Gasteiger charge is -2.20. The molecule has 1 saturated heterocycles. The molecule has 0 saturated carbocycles. The Morgan fingerprint density at radius 1 is 1.22 bits per heavy atom. The van der Waals surface area contributed by atoms with Crippen molar-refractivity contribution in [2.75, 3.05) is 25.1 Å². The Bertz CT molecular complexity index is 874. The number of halogens is 1. The Hall–Kier alpha value is -3.08. The molecule has 27 heavy (non-hydrogen) atoms. The van der Waals surface area contributed by atoms with Gasteiger partial charge in [-0.1, -0.05) is 30.9 Å². The molecule has 2 aromatic rings. The van der Waals surface area contributed by atoms with Crippen molar-refractivity contribution in [1.29, 1.82) is 0 Å². The maximum Gasteiger partial charge on any atom is 0.324 e. The molecule has 1 fully saturated rings. The standard InChI is InChI=1S/C22H23FN2O2/c1-4-16(5-2)17-6-9-20(10-7-17)25-13-12-24(22(25)26)15-18-14-19(23)8-11-21(18)27-3/h4-11,14H,1,12-13,15H2,2-3H3/b16-5+. The van der Waals surface area contributed by atoms with Crippen LogP contribution in [0.1, 0.15) is 18.1 Å². The van der Waals surface area contributed by atoms with Crippen LogP contribution in [0.3, 0.4) is 0 Å². The summed E-state index contributed by atoms with van der Waals surface area (Å²) in [7, 11) is 1.54. The lowest BCUT2D eigenvalue weighted by Crippen LogP contribution is -2.31. The molecule has 140 valence electrons. The van der Waals surface area contributed by atoms with Gasteiger partial charge in [0.25, 0.3) is 0 Å². The molecule has 1 aliphatic rings. The molecule has 2 aromatic carbocycles. The van der Waals surface area contributed by atoms with Gasteiger partial charge in [-0.05, 0) is 48.4 Å². The van der Waals surface area contributed by atoms with E-state index < -0.39 is 0 Å². The van der Waals surface area contributed by atoms with E-state index in [0.29, 0.717) is 30.9 Å². The second-order valence-corrected chi connectivity index (χ2v) is 6.31. The van der Waals surface area contributed by atoms with Crippen LogP contribution in [0.15, 0.2) is 61.2 Å². The number of amides is 2. The molecule has 2 amide bonds. The van der Waals surface area contributed by atoms with Gasteiger partial charge in [-0.15, -0.1) is 0 Å². The number of carbonyl (C=O) groups excluding carboxylic acids is 1. The summed E-state index contributed by atoms with van der Waals surface area (Å²) in [4.78, 5) is 16.3. The third-order valence-corrected chi connectivity index (χ3v) is 4.74. The molecule has 1 aliphatic heterocycles. The van der Waals surface area contributed by atoms with Crippen molar-refractivity contribution in [1.82, 2.24) is 4.90 Å². The highest BCUT2D eigenvalue weighted by Crippen LogP contribution is 2.27. The number of carbonyl (C=O) groups is 1. The van der Waals surface area contributed by atoms with Crippen LogP contribution in [-0.4, -0.2) is 31.1 Å². The molecule has 0 N–H and O–H groups in total. The molecule has 3 rings (SSSR count). The third kappa shape index (κ3) is 3.87. The van der Waals surface area contributed by atoms with Crippen molar-refractivity contribution in [2.45, 2.75) is 13.5 Å². The molecular weight excluding hydrogens is 343 g/mol. The van der Waals surface area contributed by atoms with E-state index in [-0.39, 0.29) is 11.8 Å². The summed E-state index contributed by atoms with van der Waals surface area (Å²) in [5, 5.41) is 0. The maximum absolute atomic E-state index is 13.6. The lowest BCUT2D eigenvalue weighted by molar-refractivity contribution is 0.218. The van der Waals surface area contributed by atoms with E-state index in [4.69, 9.17) is 4.74 Å². The van der Waals surface area contributed by atoms with Gasteiger partial charge in [-0.25, -0.2) is 9.18 Å². The van der Waals surface area contributed by atoms with Crippen molar-refractivity contribution < 1.29 is 13.9 Å². The average Bonchev–Trinajstić information content (AvgIpc) is 3.04. The first kappa shape index (κ1) is 18.7. The van der Waals surface area contributed by atoms with Gasteiger partial charge < -0.3 is 9.64 Å². The zero-order valence-electron chi connectivity index (χ0n) is 15.6. The molecule has 0 aromatic heterocycles. The minimum Gasteiger partial charge on any atom is -0.496 e. The third-order valence-electron chi connectivity index (χ3n) is 4.74. The van der Waals surface area contributed by atoms with E-state index in [1.54, 1.807) is 23.0 Å². The molecule has 1 heterocycles. The van der Waals surface area contributed by atoms with Gasteiger partial charge in [-0.2, -0.15) is 0 Å². The molecule has 0 spiro atoms. The van der Waals surface area contributed by atoms with Crippen LogP contribution < -0.4 is 9.64 Å². The fourth-order valence-corrected chi connectivity index (χ4v) is 3.28. The molecule has 5 heteroatoms. The minimum atomic E-state index is -0.341. The number of benzene rings is 2. The van der Waals surface area contributed by atoms with Gasteiger partial charge in [0.2, 0.25) is 0 Å². The molecule has 0 bridgehead atoms. The predicted octanol–water partition coefficient (Wildman–Crippen LogP) is 4.87. The van der Waals surface area contributed by atoms with Crippen molar-refractivity contribution in [2.24, 2.45) is 0 Å². The Balaban J connectivity index is 1.75. The number of allylic oxidation sites excluding steroid dienone is 3. The molecule has 0 atom stereocenters. The maximum atomic E-state index is 13.6. The van der Waals surface area contributed by atoms with Crippen molar-refractivity contribution >= 4 is 17.3 Å². The van der Waals surface area contributed by atoms with E-state index in [2.05, 4.69) is 6.58 Å². The van der Waals surface area contributed by atoms with Crippen LogP contribution in [0.2, 0.25) is 0 Å². The summed E-state index contributed by atoms with van der Waals surface area (Å²) in [6.07, 6.45) is 3.81. The second kappa shape index (κ2) is 8.08. The number of ether oxygens (including phenoxy) is 1. The van der Waals surface area contributed by atoms with Crippen LogP contribution in [0.5, 0.6) is 5.75 Å². The SMILES string of the molecule is C=C/C(=C\C)c1ccc(N2CCN(Cc3cc(F)ccc3OC)C2=O)cc1. The topological polar surface area (TPSA) is 32.8 Å². The predicted molar refractivity (Wildman–Crippen MR) is 106 cm³/mol. The monoisotopic (exact) mass is 366 g/mol. The number of anilines is 1. The highest BCUT2D eigenvalue weighted by molar-refractivity contribution is 5.94. The zero-order chi connectivity index (χ0) is 19.4. The first-order valence-electron chi connectivity index (χ1n) is 8.85. The van der Waals surface area contributed by atoms with E-state index in [1.807, 2.05) is 43.3 Å². The Kier molecular flexibility index (Phi) is 5.60. The summed E-state index contributed by atoms with van der Waals surface area (Å²) >= 11 is 0. The summed E-state index contributed by atoms with van der Waals surface area (Å²) in [5.74, 6) is 0.238. The average molecular weight is 366 g/mol. The minimum absolute atomic E-state index is 0.0935. The summed E-state index contributed by atoms with van der Waals surface area (Å²) in [6, 6.07) is 12.1. The van der Waals surface area contributed by atoms with Gasteiger partial charge >= 0.3 is 6.03 Å². The zero-order valence-corrected chi connectivity index (χ0v) is 15.6. The van der Waals surface area contributed by atoms with Crippen molar-refractivity contribution in [3.05, 3.63) is 78.1 Å². The number of hydrogen-bond acceptors (Lipinski definition) is 2. The van der Waals surface area contributed by atoms with Crippen LogP contribution in [0.4, 0.5) is 14.9 Å². The molecule has 0 radical (unpaired) electrons. The Labute approximate surface area is 159 Å². The number of methoxy groups -OCH3 is 1. The number of hydrogen-bond donors (Lipinski definition) is 0. The fraction of sp³-hybridized carbons (Fsp3) is 0.227. The first-order chi connectivity index (χ1) is 13.1. The van der Waals surface area contributed by atoms with Gasteiger partial charge in [-0.3, -0.25) is 4.90 Å². The first-order valence-corrected chi connectivity index (χ1v) is 8.85. The van der Waals surface area contributed by atoms with Crippen LogP contribution in [0, 0.1) is 5.82 Å². The molecule has 0 unspecified atom stereocenters. The largest absolute Gasteiger partial charge is 0.496 e. The highest BCUT2D eigenvalue weighted by atomic mass is 19.1. The number of rotatable bonds is 6. The quantitative estimate of drug-likeness (QED) is 0.684. The molecule has 0 aliphatic carbocycles. The van der Waals surface area contributed by atoms with Gasteiger partial charge in [0.15, 0.2) is 0 Å². The van der Waals surface area contributed by atoms with Gasteiger partial charge in [0, 0.05) is 24.3 Å². The Morgan fingerprint density at radius 3 is 2.59 bits per heavy atom. The summed E-state index contributed by atoms with van der Waals surface area (Å²) < 4.78 is 18.9. The summed E-state index contributed by atoms with van der Waals surface area (Å²) in [5.41, 5.74) is 3.61. The van der Waals surface area contributed by atoms with E-state index in [1.165, 1.54) is 12.1 Å². The van der Waals surface area contributed by atoms with Crippen LogP contribution in [0.25, 0.3) is 5.57 Å². The Morgan fingerprint density at radius 2 is 1.96 bits per heavy atom. The fourth-order valence-electron chi connectivity index (χ4n) is 3.28. The lowest BCUT2D eigenvalue weighted by atomic mass is 10.1. The van der Waals surface area contributed by atoms with Gasteiger partial charge in [0.05, 0.1) is 13.7 Å². The van der Waals surface area contributed by atoms with E-state index >= 15 is 0 Å². The number of urea groups is 1. The summed E-state index contributed by atoms with van der Waals surface area (Å²) in [6.45, 7) is 7.26.